The Morgan fingerprint density at radius 1 is 1.23 bits per heavy atom. The fourth-order valence-electron chi connectivity index (χ4n) is 2.74. The van der Waals surface area contributed by atoms with Gasteiger partial charge in [-0.2, -0.15) is 5.10 Å². The van der Waals surface area contributed by atoms with Crippen molar-refractivity contribution in [2.75, 3.05) is 51.7 Å². The van der Waals surface area contributed by atoms with Crippen LogP contribution in [0.25, 0.3) is 0 Å². The highest BCUT2D eigenvalue weighted by Crippen LogP contribution is 2.23. The van der Waals surface area contributed by atoms with Gasteiger partial charge in [-0.05, 0) is 31.4 Å². The van der Waals surface area contributed by atoms with Crippen LogP contribution < -0.4 is 10.3 Å². The lowest BCUT2D eigenvalue weighted by atomic mass is 10.1. The average Bonchev–Trinajstić information content (AvgIpc) is 2.55. The van der Waals surface area contributed by atoms with Gasteiger partial charge in [-0.3, -0.25) is 10.4 Å². The Hall–Kier alpha value is -1.73. The van der Waals surface area contributed by atoms with Gasteiger partial charge >= 0.3 is 0 Å². The largest absolute Gasteiger partial charge is 0.372 e. The van der Waals surface area contributed by atoms with E-state index >= 15 is 0 Å². The van der Waals surface area contributed by atoms with Gasteiger partial charge in [0.25, 0.3) is 0 Å². The summed E-state index contributed by atoms with van der Waals surface area (Å²) in [5, 5.41) is 5.24. The van der Waals surface area contributed by atoms with Crippen molar-refractivity contribution >= 4 is 28.7 Å². The molecule has 1 fully saturated rings. The van der Waals surface area contributed by atoms with Crippen LogP contribution in [0.2, 0.25) is 0 Å². The van der Waals surface area contributed by atoms with Crippen molar-refractivity contribution in [3.8, 4) is 0 Å². The maximum atomic E-state index is 5.46. The van der Waals surface area contributed by atoms with Crippen LogP contribution in [0, 0.1) is 0 Å². The van der Waals surface area contributed by atoms with E-state index in [1.54, 1.807) is 0 Å². The summed E-state index contributed by atoms with van der Waals surface area (Å²) in [5.41, 5.74) is 6.11. The molecule has 7 heteroatoms. The second-order valence-corrected chi connectivity index (χ2v) is 6.20. The zero-order valence-electron chi connectivity index (χ0n) is 13.1. The minimum Gasteiger partial charge on any atom is -0.372 e. The molecule has 1 aromatic heterocycles. The van der Waals surface area contributed by atoms with Crippen molar-refractivity contribution in [1.82, 2.24) is 20.2 Å². The molecule has 0 radical (unpaired) electrons. The number of aromatic nitrogens is 1. The molecule has 1 saturated heterocycles. The predicted octanol–water partition coefficient (Wildman–Crippen LogP) is 0.747. The van der Waals surface area contributed by atoms with E-state index in [9.17, 15) is 0 Å². The Morgan fingerprint density at radius 3 is 2.77 bits per heavy atom. The standard InChI is InChI=1S/C15H22N6S/c1-19-8-10-21(11-9-19)15(22)18-17-12-5-7-20(2)13-4-3-6-16-14(12)13/h3-4,6H,5,7-11H2,1-2H3,(H,18,22)/b17-12-. The molecule has 0 spiro atoms. The molecule has 0 atom stereocenters. The van der Waals surface area contributed by atoms with Crippen LogP contribution >= 0.6 is 12.2 Å². The van der Waals surface area contributed by atoms with E-state index in [2.05, 4.69) is 50.4 Å². The number of piperazine rings is 1. The predicted molar refractivity (Wildman–Crippen MR) is 93.5 cm³/mol. The van der Waals surface area contributed by atoms with E-state index in [1.165, 1.54) is 0 Å². The van der Waals surface area contributed by atoms with Gasteiger partial charge in [0.1, 0.15) is 5.69 Å². The van der Waals surface area contributed by atoms with Crippen molar-refractivity contribution in [1.29, 1.82) is 0 Å². The molecule has 0 aliphatic carbocycles. The lowest BCUT2D eigenvalue weighted by Crippen LogP contribution is -2.49. The van der Waals surface area contributed by atoms with E-state index in [0.717, 1.165) is 56.2 Å². The number of nitrogens with one attached hydrogen (secondary N) is 1. The summed E-state index contributed by atoms with van der Waals surface area (Å²) in [4.78, 5) is 11.2. The normalized spacial score (nSPS) is 20.9. The molecule has 0 aromatic carbocycles. The number of hydrazone groups is 1. The molecule has 1 aromatic rings. The maximum absolute atomic E-state index is 5.46. The summed E-state index contributed by atoms with van der Waals surface area (Å²) in [7, 11) is 4.22. The van der Waals surface area contributed by atoms with E-state index in [4.69, 9.17) is 12.2 Å². The Kier molecular flexibility index (Phi) is 4.54. The summed E-state index contributed by atoms with van der Waals surface area (Å²) in [6, 6.07) is 4.04. The molecular weight excluding hydrogens is 296 g/mol. The first-order valence-electron chi connectivity index (χ1n) is 7.61. The van der Waals surface area contributed by atoms with Crippen LogP contribution in [0.15, 0.2) is 23.4 Å². The molecule has 3 heterocycles. The first-order chi connectivity index (χ1) is 10.6. The smallest absolute Gasteiger partial charge is 0.189 e. The Bertz CT molecular complexity index is 579. The number of likely N-dealkylation sites (N-methyl/N-ethyl adjacent to an activating group) is 1. The first kappa shape index (κ1) is 15.2. The van der Waals surface area contributed by atoms with Gasteiger partial charge in [0.2, 0.25) is 0 Å². The lowest BCUT2D eigenvalue weighted by Gasteiger charge is -2.33. The van der Waals surface area contributed by atoms with Crippen LogP contribution in [0.3, 0.4) is 0 Å². The molecule has 1 N–H and O–H groups in total. The Balaban J connectivity index is 1.68. The molecule has 22 heavy (non-hydrogen) atoms. The molecule has 2 aliphatic rings. The maximum Gasteiger partial charge on any atom is 0.189 e. The molecule has 0 unspecified atom stereocenters. The number of anilines is 1. The zero-order valence-corrected chi connectivity index (χ0v) is 13.9. The number of nitrogens with zero attached hydrogens (tertiary/aromatic N) is 5. The Morgan fingerprint density at radius 2 is 2.00 bits per heavy atom. The summed E-state index contributed by atoms with van der Waals surface area (Å²) in [5.74, 6) is 0. The molecule has 3 rings (SSSR count). The quantitative estimate of drug-likeness (QED) is 0.609. The molecule has 6 nitrogen and oxygen atoms in total. The number of pyridine rings is 1. The third kappa shape index (κ3) is 3.20. The van der Waals surface area contributed by atoms with E-state index in [-0.39, 0.29) is 0 Å². The van der Waals surface area contributed by atoms with Gasteiger partial charge < -0.3 is 14.7 Å². The van der Waals surface area contributed by atoms with Gasteiger partial charge in [-0.25, -0.2) is 0 Å². The third-order valence-electron chi connectivity index (χ3n) is 4.23. The van der Waals surface area contributed by atoms with Crippen molar-refractivity contribution < 1.29 is 0 Å². The van der Waals surface area contributed by atoms with Gasteiger partial charge in [0.15, 0.2) is 5.11 Å². The van der Waals surface area contributed by atoms with Crippen molar-refractivity contribution in [2.24, 2.45) is 5.10 Å². The summed E-state index contributed by atoms with van der Waals surface area (Å²) >= 11 is 5.46. The highest BCUT2D eigenvalue weighted by atomic mass is 32.1. The highest BCUT2D eigenvalue weighted by molar-refractivity contribution is 7.80. The van der Waals surface area contributed by atoms with Gasteiger partial charge in [0.05, 0.1) is 11.4 Å². The molecule has 0 bridgehead atoms. The molecule has 0 saturated carbocycles. The van der Waals surface area contributed by atoms with E-state index < -0.39 is 0 Å². The SMILES string of the molecule is CN1CCN(C(=S)N/N=C2/CCN(C)c3cccnc32)CC1. The van der Waals surface area contributed by atoms with Gasteiger partial charge in [-0.15, -0.1) is 0 Å². The first-order valence-corrected chi connectivity index (χ1v) is 8.02. The highest BCUT2D eigenvalue weighted by Gasteiger charge is 2.21. The number of thiocarbonyl (C=S) groups is 1. The molecule has 118 valence electrons. The van der Waals surface area contributed by atoms with Crippen LogP contribution in [-0.2, 0) is 0 Å². The number of fused-ring (bicyclic) bond motifs is 1. The number of rotatable bonds is 1. The molecular formula is C15H22N6S. The molecule has 0 amide bonds. The molecule has 2 aliphatic heterocycles. The summed E-state index contributed by atoms with van der Waals surface area (Å²) < 4.78 is 0. The lowest BCUT2D eigenvalue weighted by molar-refractivity contribution is 0.214. The van der Waals surface area contributed by atoms with Crippen LogP contribution in [-0.4, -0.2) is 72.4 Å². The zero-order chi connectivity index (χ0) is 15.5. The van der Waals surface area contributed by atoms with E-state index in [1.807, 2.05) is 12.3 Å². The number of hydrogen-bond donors (Lipinski definition) is 1. The van der Waals surface area contributed by atoms with Crippen LogP contribution in [0.5, 0.6) is 0 Å². The summed E-state index contributed by atoms with van der Waals surface area (Å²) in [6.07, 6.45) is 2.69. The minimum atomic E-state index is 0.706. The van der Waals surface area contributed by atoms with Crippen LogP contribution in [0.1, 0.15) is 12.1 Å². The topological polar surface area (TPSA) is 47.0 Å². The third-order valence-corrected chi connectivity index (χ3v) is 4.58. The van der Waals surface area contributed by atoms with Crippen molar-refractivity contribution in [3.05, 3.63) is 24.0 Å². The van der Waals surface area contributed by atoms with Crippen molar-refractivity contribution in [3.63, 3.8) is 0 Å². The van der Waals surface area contributed by atoms with Crippen molar-refractivity contribution in [2.45, 2.75) is 6.42 Å². The Labute approximate surface area is 136 Å². The monoisotopic (exact) mass is 318 g/mol. The van der Waals surface area contributed by atoms with Gasteiger partial charge in [0, 0.05) is 52.4 Å². The van der Waals surface area contributed by atoms with Gasteiger partial charge in [-0.1, -0.05) is 0 Å². The van der Waals surface area contributed by atoms with Crippen LogP contribution in [0.4, 0.5) is 5.69 Å². The minimum absolute atomic E-state index is 0.706. The second kappa shape index (κ2) is 6.58. The summed E-state index contributed by atoms with van der Waals surface area (Å²) in [6.45, 7) is 4.91. The fraction of sp³-hybridized carbons (Fsp3) is 0.533. The fourth-order valence-corrected chi connectivity index (χ4v) is 2.97. The number of hydrogen-bond acceptors (Lipinski definition) is 5. The van der Waals surface area contributed by atoms with E-state index in [0.29, 0.717) is 5.11 Å². The average molecular weight is 318 g/mol. The second-order valence-electron chi connectivity index (χ2n) is 5.81.